The van der Waals surface area contributed by atoms with Crippen molar-refractivity contribution in [3.8, 4) is 0 Å². The molecule has 0 aromatic heterocycles. The van der Waals surface area contributed by atoms with Crippen LogP contribution in [0.25, 0.3) is 0 Å². The van der Waals surface area contributed by atoms with Gasteiger partial charge in [0.1, 0.15) is 5.82 Å². The maximum absolute atomic E-state index is 14.4. The molecule has 3 aliphatic rings. The number of benzene rings is 2. The fraction of sp³-hybridized carbons (Fsp3) is 0.417. The summed E-state index contributed by atoms with van der Waals surface area (Å²) in [5.41, 5.74) is 7.93. The van der Waals surface area contributed by atoms with E-state index in [0.29, 0.717) is 11.1 Å². The van der Waals surface area contributed by atoms with Gasteiger partial charge in [-0.15, -0.1) is 0 Å². The van der Waals surface area contributed by atoms with Gasteiger partial charge in [0, 0.05) is 24.5 Å². The predicted molar refractivity (Wildman–Crippen MR) is 113 cm³/mol. The summed E-state index contributed by atoms with van der Waals surface area (Å²) in [5.74, 6) is -1.42. The van der Waals surface area contributed by atoms with Gasteiger partial charge in [0.05, 0.1) is 17.5 Å². The largest absolute Gasteiger partial charge is 0.329 e. The lowest BCUT2D eigenvalue weighted by molar-refractivity contribution is -0.136. The summed E-state index contributed by atoms with van der Waals surface area (Å²) in [5, 5.41) is 5.68. The van der Waals surface area contributed by atoms with Gasteiger partial charge in [-0.1, -0.05) is 24.3 Å². The molecule has 2 aromatic rings. The van der Waals surface area contributed by atoms with Crippen molar-refractivity contribution < 1.29 is 23.4 Å². The van der Waals surface area contributed by atoms with E-state index >= 15 is 0 Å². The Balaban J connectivity index is 1.52. The summed E-state index contributed by atoms with van der Waals surface area (Å²) in [7, 11) is 0. The quantitative estimate of drug-likeness (QED) is 0.546. The number of hydrogen-bond acceptors (Lipinski definition) is 2. The number of halogens is 3. The number of alkyl halides is 2. The number of nitrogens with two attached hydrogens (primary N) is 2. The molecule has 0 saturated carbocycles. The number of likely N-dealkylation sites (tertiary alicyclic amines) is 1. The summed E-state index contributed by atoms with van der Waals surface area (Å²) in [4.78, 5) is 17.2. The van der Waals surface area contributed by atoms with Gasteiger partial charge in [0.15, 0.2) is 0 Å². The van der Waals surface area contributed by atoms with E-state index in [4.69, 9.17) is 11.1 Å². The molecular formula is C24H26F3N4O+. The van der Waals surface area contributed by atoms with Gasteiger partial charge in [0.25, 0.3) is 12.3 Å². The summed E-state index contributed by atoms with van der Waals surface area (Å²) in [6.07, 6.45) is -0.918. The Morgan fingerprint density at radius 3 is 2.44 bits per heavy atom. The Hall–Kier alpha value is -2.87. The van der Waals surface area contributed by atoms with Gasteiger partial charge in [-0.2, -0.15) is 0 Å². The Morgan fingerprint density at radius 2 is 1.81 bits per heavy atom. The molecule has 8 heteroatoms. The highest BCUT2D eigenvalue weighted by atomic mass is 19.3. The molecule has 168 valence electrons. The molecule has 5 rings (SSSR count). The zero-order valence-electron chi connectivity index (χ0n) is 17.5. The number of carbonyl (C=O) groups excluding carboxylic acids is 1. The first-order valence-corrected chi connectivity index (χ1v) is 10.9. The van der Waals surface area contributed by atoms with Crippen LogP contribution in [0.2, 0.25) is 0 Å². The van der Waals surface area contributed by atoms with Crippen molar-refractivity contribution in [2.24, 2.45) is 17.6 Å². The van der Waals surface area contributed by atoms with Crippen LogP contribution < -0.4 is 11.1 Å². The highest BCUT2D eigenvalue weighted by Gasteiger charge is 2.64. The molecule has 3 fully saturated rings. The first kappa shape index (κ1) is 21.0. The van der Waals surface area contributed by atoms with E-state index in [1.807, 2.05) is 24.3 Å². The van der Waals surface area contributed by atoms with Crippen LogP contribution in [0.3, 0.4) is 0 Å². The minimum Gasteiger partial charge on any atom is -0.329 e. The molecule has 5 atom stereocenters. The van der Waals surface area contributed by atoms with E-state index in [1.165, 1.54) is 17.0 Å². The average Bonchev–Trinajstić information content (AvgIpc) is 3.42. The van der Waals surface area contributed by atoms with E-state index in [-0.39, 0.29) is 30.4 Å². The molecule has 3 heterocycles. The third kappa shape index (κ3) is 3.28. The SMILES string of the molecule is NC(=[NH2+])c1ccc([C@H]2[C@H]3C(=O)N(Cc4ccc(F)cc4)[C@H](C(F)F)[C@H]3[C@@H]3CCCN32)cc1. The van der Waals surface area contributed by atoms with Crippen LogP contribution >= 0.6 is 0 Å². The molecule has 1 amide bonds. The van der Waals surface area contributed by atoms with Gasteiger partial charge in [-0.05, 0) is 54.8 Å². The molecule has 5 nitrogen and oxygen atoms in total. The molecule has 0 bridgehead atoms. The standard InChI is InChI=1S/C24H25F3N4O/c25-16-9-3-13(4-10-16)12-31-21(22(26)27)18-17-2-1-11-30(17)20(19(18)24(31)32)14-5-7-15(8-6-14)23(28)29/h3-10,17-22H,1-2,11-12H2,(H3,28,29)/p+1/t17-,18-,19-,20-,21-/m0/s1. The van der Waals surface area contributed by atoms with Crippen LogP contribution in [-0.2, 0) is 11.3 Å². The lowest BCUT2D eigenvalue weighted by Crippen LogP contribution is -2.46. The highest BCUT2D eigenvalue weighted by Crippen LogP contribution is 2.56. The Bertz CT molecular complexity index is 1030. The van der Waals surface area contributed by atoms with E-state index in [9.17, 15) is 18.0 Å². The van der Waals surface area contributed by atoms with Crippen molar-refractivity contribution >= 4 is 11.7 Å². The first-order valence-electron chi connectivity index (χ1n) is 10.9. The third-order valence-electron chi connectivity index (χ3n) is 7.33. The van der Waals surface area contributed by atoms with E-state index in [1.54, 1.807) is 12.1 Å². The second-order valence-electron chi connectivity index (χ2n) is 8.99. The number of nitrogens with zero attached hydrogens (tertiary/aromatic N) is 2. The molecule has 0 radical (unpaired) electrons. The first-order chi connectivity index (χ1) is 15.4. The second-order valence-corrected chi connectivity index (χ2v) is 8.99. The number of carbonyl (C=O) groups is 1. The maximum atomic E-state index is 14.4. The normalized spacial score (nSPS) is 29.6. The summed E-state index contributed by atoms with van der Waals surface area (Å²) in [6.45, 7) is 0.842. The van der Waals surface area contributed by atoms with Gasteiger partial charge in [-0.25, -0.2) is 13.2 Å². The molecule has 0 spiro atoms. The lowest BCUT2D eigenvalue weighted by atomic mass is 9.82. The molecule has 32 heavy (non-hydrogen) atoms. The molecular weight excluding hydrogens is 417 g/mol. The van der Waals surface area contributed by atoms with Crippen molar-refractivity contribution in [1.82, 2.24) is 9.80 Å². The van der Waals surface area contributed by atoms with Crippen molar-refractivity contribution in [3.63, 3.8) is 0 Å². The fourth-order valence-corrected chi connectivity index (χ4v) is 6.06. The summed E-state index contributed by atoms with van der Waals surface area (Å²) in [6, 6.07) is 11.6. The van der Waals surface area contributed by atoms with Crippen LogP contribution in [-0.4, -0.2) is 46.6 Å². The number of amidine groups is 1. The molecule has 3 aliphatic heterocycles. The minimum absolute atomic E-state index is 0.0537. The van der Waals surface area contributed by atoms with E-state index < -0.39 is 30.1 Å². The van der Waals surface area contributed by atoms with Gasteiger partial charge < -0.3 is 4.90 Å². The zero-order chi connectivity index (χ0) is 22.6. The van der Waals surface area contributed by atoms with Crippen molar-refractivity contribution in [2.45, 2.75) is 43.9 Å². The Kier molecular flexibility index (Phi) is 5.20. The average molecular weight is 443 g/mol. The van der Waals surface area contributed by atoms with Crippen molar-refractivity contribution in [1.29, 1.82) is 0 Å². The van der Waals surface area contributed by atoms with Crippen LogP contribution in [0.5, 0.6) is 0 Å². The molecule has 2 aromatic carbocycles. The van der Waals surface area contributed by atoms with Gasteiger partial charge in [0.2, 0.25) is 5.91 Å². The molecule has 0 unspecified atom stereocenters. The highest BCUT2D eigenvalue weighted by molar-refractivity contribution is 5.92. The monoisotopic (exact) mass is 443 g/mol. The number of fused-ring (bicyclic) bond motifs is 3. The van der Waals surface area contributed by atoms with Crippen LogP contribution in [0.4, 0.5) is 13.2 Å². The topological polar surface area (TPSA) is 75.2 Å². The number of rotatable bonds is 5. The Labute approximate surface area is 184 Å². The van der Waals surface area contributed by atoms with Gasteiger partial charge in [-0.3, -0.25) is 20.8 Å². The third-order valence-corrected chi connectivity index (χ3v) is 7.33. The van der Waals surface area contributed by atoms with Crippen LogP contribution in [0.1, 0.15) is 35.6 Å². The van der Waals surface area contributed by atoms with E-state index in [0.717, 1.165) is 24.9 Å². The molecule has 4 N–H and O–H groups in total. The smallest absolute Gasteiger partial charge is 0.270 e. The maximum Gasteiger partial charge on any atom is 0.270 e. The second kappa shape index (κ2) is 7.92. The molecule has 3 saturated heterocycles. The fourth-order valence-electron chi connectivity index (χ4n) is 6.06. The van der Waals surface area contributed by atoms with Crippen LogP contribution in [0.15, 0.2) is 48.5 Å². The van der Waals surface area contributed by atoms with E-state index in [2.05, 4.69) is 4.90 Å². The minimum atomic E-state index is -2.65. The summed E-state index contributed by atoms with van der Waals surface area (Å²) >= 11 is 0. The van der Waals surface area contributed by atoms with Crippen LogP contribution in [0, 0.1) is 17.7 Å². The summed E-state index contributed by atoms with van der Waals surface area (Å²) < 4.78 is 42.1. The zero-order valence-corrected chi connectivity index (χ0v) is 17.5. The molecule has 0 aliphatic carbocycles. The lowest BCUT2D eigenvalue weighted by Gasteiger charge is -2.33. The van der Waals surface area contributed by atoms with Gasteiger partial charge >= 0.3 is 0 Å². The predicted octanol–water partition coefficient (Wildman–Crippen LogP) is 1.72. The number of hydrogen-bond donors (Lipinski definition) is 2. The van der Waals surface area contributed by atoms with Crippen molar-refractivity contribution in [3.05, 3.63) is 71.0 Å². The number of amides is 1. The Morgan fingerprint density at radius 1 is 1.12 bits per heavy atom. The van der Waals surface area contributed by atoms with Crippen molar-refractivity contribution in [2.75, 3.05) is 6.54 Å².